The summed E-state index contributed by atoms with van der Waals surface area (Å²) in [5.41, 5.74) is 0.915. The Hall–Kier alpha value is -0.610. The lowest BCUT2D eigenvalue weighted by atomic mass is 10.1. The van der Waals surface area contributed by atoms with Crippen molar-refractivity contribution in [1.82, 2.24) is 9.78 Å². The predicted molar refractivity (Wildman–Crippen MR) is 53.2 cm³/mol. The van der Waals surface area contributed by atoms with Crippen LogP contribution in [0.1, 0.15) is 37.3 Å². The number of aryl methyl sites for hydroxylation is 1. The van der Waals surface area contributed by atoms with Crippen molar-refractivity contribution in [3.05, 3.63) is 16.4 Å². The van der Waals surface area contributed by atoms with Gasteiger partial charge in [0.15, 0.2) is 6.17 Å². The van der Waals surface area contributed by atoms with E-state index in [1.54, 1.807) is 7.05 Å². The first kappa shape index (κ1) is 11.5. The minimum absolute atomic E-state index is 0.147. The Bertz CT molecular complexity index is 325. The van der Waals surface area contributed by atoms with Crippen molar-refractivity contribution >= 4 is 11.6 Å². The van der Waals surface area contributed by atoms with Crippen LogP contribution in [0.3, 0.4) is 0 Å². The smallest absolute Gasteiger partial charge is 0.166 e. The Labute approximate surface area is 87.5 Å². The van der Waals surface area contributed by atoms with Gasteiger partial charge in [0, 0.05) is 7.05 Å². The van der Waals surface area contributed by atoms with Crippen molar-refractivity contribution in [1.29, 1.82) is 0 Å². The molecule has 0 saturated heterocycles. The van der Waals surface area contributed by atoms with Crippen LogP contribution in [0.2, 0.25) is 5.02 Å². The quantitative estimate of drug-likeness (QED) is 0.848. The zero-order valence-electron chi connectivity index (χ0n) is 8.46. The average molecular weight is 221 g/mol. The molecule has 1 N–H and O–H groups in total. The second kappa shape index (κ2) is 4.28. The van der Waals surface area contributed by atoms with Crippen molar-refractivity contribution in [3.8, 4) is 0 Å². The van der Waals surface area contributed by atoms with Gasteiger partial charge in [0.1, 0.15) is 0 Å². The first-order valence-electron chi connectivity index (χ1n) is 4.46. The molecule has 1 atom stereocenters. The van der Waals surface area contributed by atoms with Crippen molar-refractivity contribution in [2.45, 2.75) is 25.9 Å². The van der Waals surface area contributed by atoms with Gasteiger partial charge in [0.05, 0.1) is 23.0 Å². The third-order valence-electron chi connectivity index (χ3n) is 2.06. The van der Waals surface area contributed by atoms with E-state index in [9.17, 15) is 4.39 Å². The molecule has 0 fully saturated rings. The van der Waals surface area contributed by atoms with Gasteiger partial charge in [-0.15, -0.1) is 0 Å². The molecule has 0 aliphatic rings. The van der Waals surface area contributed by atoms with Crippen LogP contribution in [0.25, 0.3) is 0 Å². The number of nitrogens with zero attached hydrogens (tertiary/aromatic N) is 2. The largest absolute Gasteiger partial charge is 0.393 e. The van der Waals surface area contributed by atoms with Crippen LogP contribution < -0.4 is 0 Å². The average Bonchev–Trinajstić information content (AvgIpc) is 2.41. The summed E-state index contributed by atoms with van der Waals surface area (Å²) < 4.78 is 14.7. The Kier molecular flexibility index (Phi) is 3.50. The number of halogens is 2. The highest BCUT2D eigenvalue weighted by molar-refractivity contribution is 6.32. The van der Waals surface area contributed by atoms with E-state index in [0.29, 0.717) is 10.7 Å². The number of alkyl halides is 1. The lowest BCUT2D eigenvalue weighted by molar-refractivity contribution is 0.173. The van der Waals surface area contributed by atoms with E-state index in [1.807, 2.05) is 13.8 Å². The summed E-state index contributed by atoms with van der Waals surface area (Å²) in [6.45, 7) is 3.30. The monoisotopic (exact) mass is 220 g/mol. The maximum atomic E-state index is 13.3. The molecule has 0 amide bonds. The number of aliphatic hydroxyl groups is 1. The summed E-state index contributed by atoms with van der Waals surface area (Å²) in [5.74, 6) is 0.147. The number of hydrogen-bond acceptors (Lipinski definition) is 2. The molecule has 0 bridgehead atoms. The van der Waals surface area contributed by atoms with E-state index in [4.69, 9.17) is 16.7 Å². The lowest BCUT2D eigenvalue weighted by Crippen LogP contribution is -2.05. The zero-order chi connectivity index (χ0) is 10.9. The highest BCUT2D eigenvalue weighted by Crippen LogP contribution is 2.31. The molecule has 1 unspecified atom stereocenters. The van der Waals surface area contributed by atoms with Crippen molar-refractivity contribution in [2.24, 2.45) is 7.05 Å². The summed E-state index contributed by atoms with van der Waals surface area (Å²) in [6.07, 6.45) is -1.47. The molecule has 3 nitrogen and oxygen atoms in total. The van der Waals surface area contributed by atoms with Crippen LogP contribution in [0.5, 0.6) is 0 Å². The first-order chi connectivity index (χ1) is 6.49. The first-order valence-corrected chi connectivity index (χ1v) is 4.84. The van der Waals surface area contributed by atoms with Crippen LogP contribution in [0.4, 0.5) is 4.39 Å². The maximum Gasteiger partial charge on any atom is 0.166 e. The molecule has 0 aliphatic heterocycles. The summed E-state index contributed by atoms with van der Waals surface area (Å²) >= 11 is 5.96. The molecular weight excluding hydrogens is 207 g/mol. The molecule has 1 rings (SSSR count). The van der Waals surface area contributed by atoms with Crippen LogP contribution in [0, 0.1) is 0 Å². The van der Waals surface area contributed by atoms with E-state index in [1.165, 1.54) is 4.68 Å². The molecule has 5 heteroatoms. The van der Waals surface area contributed by atoms with Crippen LogP contribution in [0.15, 0.2) is 0 Å². The van der Waals surface area contributed by atoms with Crippen molar-refractivity contribution < 1.29 is 9.50 Å². The van der Waals surface area contributed by atoms with Gasteiger partial charge < -0.3 is 5.11 Å². The van der Waals surface area contributed by atoms with Gasteiger partial charge in [-0.1, -0.05) is 25.4 Å². The Morgan fingerprint density at radius 3 is 2.50 bits per heavy atom. The molecule has 0 spiro atoms. The Morgan fingerprint density at radius 2 is 2.14 bits per heavy atom. The molecule has 0 aliphatic carbocycles. The van der Waals surface area contributed by atoms with Gasteiger partial charge >= 0.3 is 0 Å². The Morgan fingerprint density at radius 1 is 1.57 bits per heavy atom. The molecule has 1 aromatic rings. The highest BCUT2D eigenvalue weighted by atomic mass is 35.5. The fraction of sp³-hybridized carbons (Fsp3) is 0.667. The van der Waals surface area contributed by atoms with Crippen LogP contribution >= 0.6 is 11.6 Å². The molecular formula is C9H14ClFN2O. The number of rotatable bonds is 3. The SMILES string of the molecule is CC(C)c1nn(C)c(C(F)CO)c1Cl. The van der Waals surface area contributed by atoms with E-state index >= 15 is 0 Å². The van der Waals surface area contributed by atoms with Crippen molar-refractivity contribution in [3.63, 3.8) is 0 Å². The van der Waals surface area contributed by atoms with Gasteiger partial charge in [-0.3, -0.25) is 4.68 Å². The Balaban J connectivity index is 3.17. The summed E-state index contributed by atoms with van der Waals surface area (Å²) in [5, 5.41) is 13.1. The van der Waals surface area contributed by atoms with Gasteiger partial charge in [-0.05, 0) is 5.92 Å². The molecule has 1 aromatic heterocycles. The molecule has 80 valence electrons. The summed E-state index contributed by atoms with van der Waals surface area (Å²) in [4.78, 5) is 0. The van der Waals surface area contributed by atoms with E-state index in [-0.39, 0.29) is 11.6 Å². The van der Waals surface area contributed by atoms with Crippen LogP contribution in [-0.2, 0) is 7.05 Å². The normalized spacial score (nSPS) is 13.6. The van der Waals surface area contributed by atoms with Crippen molar-refractivity contribution in [2.75, 3.05) is 6.61 Å². The molecule has 0 radical (unpaired) electrons. The third kappa shape index (κ3) is 1.91. The van der Waals surface area contributed by atoms with Gasteiger partial charge in [0.2, 0.25) is 0 Å². The standard InChI is InChI=1S/C9H14ClFN2O/c1-5(2)8-7(10)9(6(11)4-14)13(3)12-8/h5-6,14H,4H2,1-3H3. The topological polar surface area (TPSA) is 38.0 Å². The van der Waals surface area contributed by atoms with E-state index < -0.39 is 12.8 Å². The fourth-order valence-corrected chi connectivity index (χ4v) is 1.82. The molecule has 0 aromatic carbocycles. The van der Waals surface area contributed by atoms with Gasteiger partial charge in [-0.2, -0.15) is 5.10 Å². The number of aliphatic hydroxyl groups excluding tert-OH is 1. The minimum Gasteiger partial charge on any atom is -0.393 e. The van der Waals surface area contributed by atoms with Gasteiger partial charge in [-0.25, -0.2) is 4.39 Å². The summed E-state index contributed by atoms with van der Waals surface area (Å²) in [7, 11) is 1.62. The fourth-order valence-electron chi connectivity index (χ4n) is 1.33. The second-order valence-electron chi connectivity index (χ2n) is 3.51. The minimum atomic E-state index is -1.47. The molecule has 1 heterocycles. The maximum absolute atomic E-state index is 13.3. The molecule has 14 heavy (non-hydrogen) atoms. The number of hydrogen-bond donors (Lipinski definition) is 1. The van der Waals surface area contributed by atoms with Gasteiger partial charge in [0.25, 0.3) is 0 Å². The summed E-state index contributed by atoms with van der Waals surface area (Å²) in [6, 6.07) is 0. The van der Waals surface area contributed by atoms with E-state index in [2.05, 4.69) is 5.10 Å². The second-order valence-corrected chi connectivity index (χ2v) is 3.89. The highest BCUT2D eigenvalue weighted by Gasteiger charge is 2.22. The molecule has 0 saturated carbocycles. The number of aromatic nitrogens is 2. The van der Waals surface area contributed by atoms with E-state index in [0.717, 1.165) is 0 Å². The predicted octanol–water partition coefficient (Wildman–Crippen LogP) is 2.20. The van der Waals surface area contributed by atoms with Crippen LogP contribution in [-0.4, -0.2) is 21.5 Å². The zero-order valence-corrected chi connectivity index (χ0v) is 9.22. The lowest BCUT2D eigenvalue weighted by Gasteiger charge is -2.05. The third-order valence-corrected chi connectivity index (χ3v) is 2.45.